The Morgan fingerprint density at radius 1 is 0.944 bits per heavy atom. The van der Waals surface area contributed by atoms with E-state index in [4.69, 9.17) is 35.0 Å². The summed E-state index contributed by atoms with van der Waals surface area (Å²) in [7, 11) is 4.59. The number of methoxy groups -OCH3 is 3. The Bertz CT molecular complexity index is 1600. The van der Waals surface area contributed by atoms with Gasteiger partial charge >= 0.3 is 0 Å². The quantitative estimate of drug-likeness (QED) is 0.272. The monoisotopic (exact) mass is 506 g/mol. The molecule has 0 aliphatic rings. The molecule has 0 N–H and O–H groups in total. The summed E-state index contributed by atoms with van der Waals surface area (Å²) >= 11 is 6.30. The lowest BCUT2D eigenvalue weighted by Gasteiger charge is -2.14. The maximum atomic E-state index is 12.8. The van der Waals surface area contributed by atoms with Crippen molar-refractivity contribution in [3.63, 3.8) is 0 Å². The summed E-state index contributed by atoms with van der Waals surface area (Å²) in [6, 6.07) is 17.8. The lowest BCUT2D eigenvalue weighted by molar-refractivity contribution is 0.300. The van der Waals surface area contributed by atoms with Crippen LogP contribution in [0.1, 0.15) is 0 Å². The van der Waals surface area contributed by atoms with Crippen molar-refractivity contribution in [2.45, 2.75) is 6.54 Å². The zero-order chi connectivity index (χ0) is 25.2. The van der Waals surface area contributed by atoms with Gasteiger partial charge in [0, 0.05) is 17.7 Å². The molecule has 36 heavy (non-hydrogen) atoms. The van der Waals surface area contributed by atoms with E-state index in [1.807, 2.05) is 28.8 Å². The Morgan fingerprint density at radius 3 is 2.42 bits per heavy atom. The molecule has 0 aliphatic heterocycles. The molecule has 0 amide bonds. The minimum absolute atomic E-state index is 0.178. The first-order valence-electron chi connectivity index (χ1n) is 11.1. The highest BCUT2D eigenvalue weighted by molar-refractivity contribution is 6.29. The maximum absolute atomic E-state index is 12.8. The fourth-order valence-electron chi connectivity index (χ4n) is 4.10. The van der Waals surface area contributed by atoms with Crippen molar-refractivity contribution < 1.29 is 23.4 Å². The number of imidazole rings is 1. The van der Waals surface area contributed by atoms with Gasteiger partial charge in [-0.05, 0) is 48.0 Å². The van der Waals surface area contributed by atoms with E-state index in [0.29, 0.717) is 63.7 Å². The zero-order valence-corrected chi connectivity index (χ0v) is 20.7. The van der Waals surface area contributed by atoms with Gasteiger partial charge in [-0.1, -0.05) is 12.1 Å². The average molecular weight is 507 g/mol. The van der Waals surface area contributed by atoms with Crippen LogP contribution in [0.5, 0.6) is 23.0 Å². The van der Waals surface area contributed by atoms with Crippen LogP contribution in [0.4, 0.5) is 0 Å². The molecule has 184 valence electrons. The van der Waals surface area contributed by atoms with E-state index in [0.717, 1.165) is 11.0 Å². The summed E-state index contributed by atoms with van der Waals surface area (Å²) in [6.45, 7) is 0.856. The molecule has 0 bridgehead atoms. The topological polar surface area (TPSA) is 85.0 Å². The molecule has 5 rings (SSSR count). The van der Waals surface area contributed by atoms with Gasteiger partial charge in [-0.3, -0.25) is 4.79 Å². The zero-order valence-electron chi connectivity index (χ0n) is 19.9. The molecule has 0 radical (unpaired) electrons. The summed E-state index contributed by atoms with van der Waals surface area (Å²) < 4.78 is 30.2. The number of fused-ring (bicyclic) bond motifs is 2. The van der Waals surface area contributed by atoms with E-state index in [2.05, 4.69) is 4.98 Å². The predicted octanol–water partition coefficient (Wildman–Crippen LogP) is 5.57. The third-order valence-electron chi connectivity index (χ3n) is 5.84. The van der Waals surface area contributed by atoms with Crippen LogP contribution in [0, 0.1) is 0 Å². The van der Waals surface area contributed by atoms with Crippen LogP contribution in [0.3, 0.4) is 0 Å². The summed E-state index contributed by atoms with van der Waals surface area (Å²) in [5, 5.41) is 0.849. The van der Waals surface area contributed by atoms with Gasteiger partial charge in [-0.15, -0.1) is 0 Å². The Balaban J connectivity index is 1.43. The molecule has 0 atom stereocenters. The van der Waals surface area contributed by atoms with Gasteiger partial charge in [0.2, 0.25) is 11.0 Å². The van der Waals surface area contributed by atoms with Crippen LogP contribution in [0.25, 0.3) is 33.3 Å². The second-order valence-corrected chi connectivity index (χ2v) is 8.25. The molecule has 0 spiro atoms. The van der Waals surface area contributed by atoms with Gasteiger partial charge in [0.25, 0.3) is 0 Å². The van der Waals surface area contributed by atoms with Gasteiger partial charge in [0.15, 0.2) is 16.9 Å². The van der Waals surface area contributed by atoms with Crippen LogP contribution >= 0.6 is 11.6 Å². The average Bonchev–Trinajstić information content (AvgIpc) is 3.22. The Kier molecular flexibility index (Phi) is 6.43. The molecular weight excluding hydrogens is 484 g/mol. The van der Waals surface area contributed by atoms with E-state index in [1.54, 1.807) is 30.3 Å². The van der Waals surface area contributed by atoms with E-state index in [9.17, 15) is 4.79 Å². The van der Waals surface area contributed by atoms with Gasteiger partial charge in [0.05, 0.1) is 44.3 Å². The number of benzene rings is 3. The van der Waals surface area contributed by atoms with Crippen molar-refractivity contribution >= 4 is 33.6 Å². The highest BCUT2D eigenvalue weighted by atomic mass is 35.5. The van der Waals surface area contributed by atoms with Crippen molar-refractivity contribution in [2.24, 2.45) is 0 Å². The van der Waals surface area contributed by atoms with Crippen molar-refractivity contribution in [1.29, 1.82) is 0 Å². The summed E-state index contributed by atoms with van der Waals surface area (Å²) in [6.07, 6.45) is 0. The van der Waals surface area contributed by atoms with Crippen molar-refractivity contribution in [1.82, 2.24) is 9.55 Å². The smallest absolute Gasteiger partial charge is 0.203 e. The Morgan fingerprint density at radius 2 is 1.69 bits per heavy atom. The van der Waals surface area contributed by atoms with Crippen LogP contribution in [-0.4, -0.2) is 37.5 Å². The highest BCUT2D eigenvalue weighted by Crippen LogP contribution is 2.41. The number of hydrogen-bond donors (Lipinski definition) is 0. The summed E-state index contributed by atoms with van der Waals surface area (Å²) in [5.41, 5.74) is 2.59. The number of aromatic nitrogens is 2. The molecule has 0 saturated carbocycles. The third-order valence-corrected chi connectivity index (χ3v) is 6.13. The standard InChI is InChI=1S/C27H23ClN2O6/c1-32-24-12-16(13-25(33-2)26(24)34-3)22-15-21(31)18-9-8-17(14-23(18)36-22)35-11-10-30-20-7-5-4-6-19(20)29-27(30)28/h4-9,12-15H,10-11H2,1-3H3. The second-order valence-electron chi connectivity index (χ2n) is 7.92. The minimum Gasteiger partial charge on any atom is -0.493 e. The number of rotatable bonds is 8. The third kappa shape index (κ3) is 4.31. The SMILES string of the molecule is COc1cc(-c2cc(=O)c3ccc(OCCn4c(Cl)nc5ccccc54)cc3o2)cc(OC)c1OC. The normalized spacial score (nSPS) is 11.1. The molecule has 9 heteroatoms. The lowest BCUT2D eigenvalue weighted by Crippen LogP contribution is -2.08. The first-order valence-corrected chi connectivity index (χ1v) is 11.5. The van der Waals surface area contributed by atoms with Crippen molar-refractivity contribution in [2.75, 3.05) is 27.9 Å². The number of ether oxygens (including phenoxy) is 4. The van der Waals surface area contributed by atoms with Crippen molar-refractivity contribution in [3.8, 4) is 34.3 Å². The molecule has 0 saturated heterocycles. The fraction of sp³-hybridized carbons (Fsp3) is 0.185. The van der Waals surface area contributed by atoms with E-state index in [1.165, 1.54) is 27.4 Å². The van der Waals surface area contributed by atoms with E-state index >= 15 is 0 Å². The second kappa shape index (κ2) is 9.83. The molecule has 0 aliphatic carbocycles. The lowest BCUT2D eigenvalue weighted by atomic mass is 10.1. The van der Waals surface area contributed by atoms with E-state index in [-0.39, 0.29) is 5.43 Å². The predicted molar refractivity (Wildman–Crippen MR) is 138 cm³/mol. The number of hydrogen-bond acceptors (Lipinski definition) is 7. The van der Waals surface area contributed by atoms with Crippen molar-refractivity contribution in [3.05, 3.63) is 76.2 Å². The first kappa shape index (κ1) is 23.6. The summed E-state index contributed by atoms with van der Waals surface area (Å²) in [5.74, 6) is 2.29. The minimum atomic E-state index is -0.178. The molecule has 0 fully saturated rings. The fourth-order valence-corrected chi connectivity index (χ4v) is 4.37. The Hall–Kier alpha value is -4.17. The van der Waals surface area contributed by atoms with Gasteiger partial charge in [-0.2, -0.15) is 0 Å². The molecule has 2 heterocycles. The van der Waals surface area contributed by atoms with Crippen LogP contribution in [-0.2, 0) is 6.54 Å². The van der Waals surface area contributed by atoms with Gasteiger partial charge < -0.3 is 27.9 Å². The largest absolute Gasteiger partial charge is 0.493 e. The van der Waals surface area contributed by atoms with E-state index < -0.39 is 0 Å². The van der Waals surface area contributed by atoms with Crippen LogP contribution in [0.15, 0.2) is 69.9 Å². The number of halogens is 1. The first-order chi connectivity index (χ1) is 17.5. The maximum Gasteiger partial charge on any atom is 0.203 e. The van der Waals surface area contributed by atoms with Gasteiger partial charge in [-0.25, -0.2) is 4.98 Å². The number of nitrogens with zero attached hydrogens (tertiary/aromatic N) is 2. The molecule has 8 nitrogen and oxygen atoms in total. The highest BCUT2D eigenvalue weighted by Gasteiger charge is 2.17. The molecule has 5 aromatic rings. The van der Waals surface area contributed by atoms with Gasteiger partial charge in [0.1, 0.15) is 23.7 Å². The molecule has 3 aromatic carbocycles. The molecular formula is C27H23ClN2O6. The summed E-state index contributed by atoms with van der Waals surface area (Å²) in [4.78, 5) is 17.2. The molecule has 0 unspecified atom stereocenters. The van der Waals surface area contributed by atoms with Crippen LogP contribution in [0.2, 0.25) is 5.28 Å². The molecule has 2 aromatic heterocycles. The number of para-hydroxylation sites is 2. The Labute approximate surface area is 211 Å². The van der Waals surface area contributed by atoms with Crippen LogP contribution < -0.4 is 24.4 Å².